The number of rotatable bonds is 1. The molecule has 1 aromatic carbocycles. The highest BCUT2D eigenvalue weighted by atomic mass is 35.5. The van der Waals surface area contributed by atoms with Crippen molar-refractivity contribution >= 4 is 34.8 Å². The number of piperidine rings is 1. The molecule has 0 saturated carbocycles. The highest BCUT2D eigenvalue weighted by Crippen LogP contribution is 2.26. The van der Waals surface area contributed by atoms with E-state index in [-0.39, 0.29) is 0 Å². The predicted molar refractivity (Wildman–Crippen MR) is 73.2 cm³/mol. The van der Waals surface area contributed by atoms with Gasteiger partial charge in [-0.1, -0.05) is 23.2 Å². The van der Waals surface area contributed by atoms with Crippen molar-refractivity contribution in [1.29, 1.82) is 0 Å². The Morgan fingerprint density at radius 3 is 2.47 bits per heavy atom. The number of halogens is 2. The molecule has 1 saturated heterocycles. The first kappa shape index (κ1) is 12.5. The van der Waals surface area contributed by atoms with Gasteiger partial charge in [0.2, 0.25) is 0 Å². The van der Waals surface area contributed by atoms with Gasteiger partial charge in [-0.3, -0.25) is 0 Å². The van der Waals surface area contributed by atoms with Crippen LogP contribution in [0, 0.1) is 0 Å². The Labute approximate surface area is 111 Å². The molecule has 0 radical (unpaired) electrons. The van der Waals surface area contributed by atoms with Crippen LogP contribution in [0.3, 0.4) is 0 Å². The minimum Gasteiger partial charge on any atom is -0.369 e. The molecule has 1 aromatic rings. The summed E-state index contributed by atoms with van der Waals surface area (Å²) in [5, 5.41) is 1.03. The molecule has 0 bridgehead atoms. The molecule has 0 aromatic heterocycles. The summed E-state index contributed by atoms with van der Waals surface area (Å²) < 4.78 is 0. The van der Waals surface area contributed by atoms with Crippen LogP contribution in [0.1, 0.15) is 19.3 Å². The molecule has 1 aliphatic rings. The first-order valence-electron chi connectivity index (χ1n) is 5.71. The zero-order valence-electron chi connectivity index (χ0n) is 9.50. The first-order valence-corrected chi connectivity index (χ1v) is 6.46. The smallest absolute Gasteiger partial charge is 0.196 e. The first-order chi connectivity index (χ1) is 8.16. The molecule has 2 N–H and O–H groups in total. The molecule has 92 valence electrons. The van der Waals surface area contributed by atoms with Crippen LogP contribution in [0.4, 0.5) is 5.69 Å². The zero-order chi connectivity index (χ0) is 12.3. The third-order valence-corrected chi connectivity index (χ3v) is 3.57. The summed E-state index contributed by atoms with van der Waals surface area (Å²) in [6.07, 6.45) is 3.63. The molecule has 1 aliphatic heterocycles. The van der Waals surface area contributed by atoms with Gasteiger partial charge in [-0.15, -0.1) is 0 Å². The van der Waals surface area contributed by atoms with E-state index in [9.17, 15) is 0 Å². The number of hydrogen-bond donors (Lipinski definition) is 1. The van der Waals surface area contributed by atoms with E-state index >= 15 is 0 Å². The van der Waals surface area contributed by atoms with Gasteiger partial charge in [0.15, 0.2) is 5.96 Å². The van der Waals surface area contributed by atoms with Gasteiger partial charge in [-0.05, 0) is 37.5 Å². The minimum absolute atomic E-state index is 0.499. The Bertz CT molecular complexity index is 426. The molecule has 1 fully saturated rings. The van der Waals surface area contributed by atoms with Gasteiger partial charge < -0.3 is 10.6 Å². The fourth-order valence-corrected chi connectivity index (χ4v) is 2.17. The number of likely N-dealkylation sites (tertiary alicyclic amines) is 1. The molecule has 0 unspecified atom stereocenters. The lowest BCUT2D eigenvalue weighted by atomic mass is 10.1. The number of guanidine groups is 1. The van der Waals surface area contributed by atoms with Crippen molar-refractivity contribution in [3.63, 3.8) is 0 Å². The Morgan fingerprint density at radius 2 is 1.82 bits per heavy atom. The molecule has 17 heavy (non-hydrogen) atoms. The maximum absolute atomic E-state index is 5.97. The van der Waals surface area contributed by atoms with Crippen LogP contribution in [0.15, 0.2) is 23.2 Å². The van der Waals surface area contributed by atoms with Crippen LogP contribution in [0.5, 0.6) is 0 Å². The molecule has 0 amide bonds. The van der Waals surface area contributed by atoms with Crippen molar-refractivity contribution in [3.05, 3.63) is 28.2 Å². The SMILES string of the molecule is NC(=Nc1ccc(Cl)c(Cl)c1)N1CCCCC1. The summed E-state index contributed by atoms with van der Waals surface area (Å²) in [6.45, 7) is 1.97. The van der Waals surface area contributed by atoms with Crippen molar-refractivity contribution in [2.45, 2.75) is 19.3 Å². The average molecular weight is 272 g/mol. The highest BCUT2D eigenvalue weighted by molar-refractivity contribution is 6.42. The number of nitrogens with zero attached hydrogens (tertiary/aromatic N) is 2. The lowest BCUT2D eigenvalue weighted by Gasteiger charge is -2.27. The molecule has 0 atom stereocenters. The quantitative estimate of drug-likeness (QED) is 0.628. The standard InChI is InChI=1S/C12H15Cl2N3/c13-10-5-4-9(8-11(10)14)16-12(15)17-6-2-1-3-7-17/h4-5,8H,1-3,6-7H2,(H2,15,16). The summed E-state index contributed by atoms with van der Waals surface area (Å²) >= 11 is 11.8. The maximum atomic E-state index is 5.97. The predicted octanol–water partition coefficient (Wildman–Crippen LogP) is 3.43. The van der Waals surface area contributed by atoms with Gasteiger partial charge in [-0.2, -0.15) is 0 Å². The molecular weight excluding hydrogens is 257 g/mol. The van der Waals surface area contributed by atoms with Gasteiger partial charge >= 0.3 is 0 Å². The lowest BCUT2D eigenvalue weighted by molar-refractivity contribution is 0.339. The number of benzene rings is 1. The number of nitrogens with two attached hydrogens (primary N) is 1. The normalized spacial score (nSPS) is 17.3. The summed E-state index contributed by atoms with van der Waals surface area (Å²) in [5.41, 5.74) is 6.71. The van der Waals surface area contributed by atoms with Crippen molar-refractivity contribution in [1.82, 2.24) is 4.90 Å². The molecule has 0 spiro atoms. The maximum Gasteiger partial charge on any atom is 0.196 e. The summed E-state index contributed by atoms with van der Waals surface area (Å²) in [6, 6.07) is 5.26. The van der Waals surface area contributed by atoms with Crippen molar-refractivity contribution in [2.75, 3.05) is 13.1 Å². The van der Waals surface area contributed by atoms with E-state index in [0.29, 0.717) is 16.0 Å². The molecule has 3 nitrogen and oxygen atoms in total. The summed E-state index contributed by atoms with van der Waals surface area (Å²) in [7, 11) is 0. The largest absolute Gasteiger partial charge is 0.369 e. The molecular formula is C12H15Cl2N3. The van der Waals surface area contributed by atoms with Crippen LogP contribution in [-0.4, -0.2) is 23.9 Å². The van der Waals surface area contributed by atoms with Gasteiger partial charge in [0.25, 0.3) is 0 Å². The molecule has 1 heterocycles. The monoisotopic (exact) mass is 271 g/mol. The Kier molecular flexibility index (Phi) is 4.13. The number of hydrogen-bond acceptors (Lipinski definition) is 1. The minimum atomic E-state index is 0.499. The summed E-state index contributed by atoms with van der Waals surface area (Å²) in [4.78, 5) is 6.47. The third kappa shape index (κ3) is 3.27. The van der Waals surface area contributed by atoms with Gasteiger partial charge in [0.05, 0.1) is 15.7 Å². The fourth-order valence-electron chi connectivity index (χ4n) is 1.88. The van der Waals surface area contributed by atoms with Gasteiger partial charge in [-0.25, -0.2) is 4.99 Å². The fraction of sp³-hybridized carbons (Fsp3) is 0.417. The topological polar surface area (TPSA) is 41.6 Å². The van der Waals surface area contributed by atoms with Gasteiger partial charge in [0, 0.05) is 13.1 Å². The van der Waals surface area contributed by atoms with E-state index in [1.165, 1.54) is 19.3 Å². The number of aliphatic imine (C=N–C) groups is 1. The average Bonchev–Trinajstić information content (AvgIpc) is 2.35. The second-order valence-electron chi connectivity index (χ2n) is 4.12. The van der Waals surface area contributed by atoms with E-state index in [2.05, 4.69) is 9.89 Å². The second-order valence-corrected chi connectivity index (χ2v) is 4.93. The van der Waals surface area contributed by atoms with Crippen LogP contribution in [0.2, 0.25) is 10.0 Å². The molecule has 5 heteroatoms. The highest BCUT2D eigenvalue weighted by Gasteiger charge is 2.12. The Morgan fingerprint density at radius 1 is 1.12 bits per heavy atom. The van der Waals surface area contributed by atoms with E-state index in [1.807, 2.05) is 6.07 Å². The zero-order valence-corrected chi connectivity index (χ0v) is 11.0. The van der Waals surface area contributed by atoms with E-state index in [0.717, 1.165) is 18.8 Å². The van der Waals surface area contributed by atoms with Crippen LogP contribution >= 0.6 is 23.2 Å². The second kappa shape index (κ2) is 5.61. The van der Waals surface area contributed by atoms with Crippen molar-refractivity contribution in [3.8, 4) is 0 Å². The van der Waals surface area contributed by atoms with E-state index in [1.54, 1.807) is 12.1 Å². The van der Waals surface area contributed by atoms with Gasteiger partial charge in [0.1, 0.15) is 0 Å². The van der Waals surface area contributed by atoms with Crippen molar-refractivity contribution < 1.29 is 0 Å². The lowest BCUT2D eigenvalue weighted by Crippen LogP contribution is -2.40. The van der Waals surface area contributed by atoms with Crippen LogP contribution < -0.4 is 5.73 Å². The Balaban J connectivity index is 2.13. The van der Waals surface area contributed by atoms with Crippen LogP contribution in [-0.2, 0) is 0 Å². The molecule has 0 aliphatic carbocycles. The van der Waals surface area contributed by atoms with Crippen molar-refractivity contribution in [2.24, 2.45) is 10.7 Å². The van der Waals surface area contributed by atoms with Crippen LogP contribution in [0.25, 0.3) is 0 Å². The third-order valence-electron chi connectivity index (χ3n) is 2.83. The Hall–Kier alpha value is -0.930. The summed E-state index contributed by atoms with van der Waals surface area (Å²) in [5.74, 6) is 0.558. The van der Waals surface area contributed by atoms with E-state index in [4.69, 9.17) is 28.9 Å². The molecule has 2 rings (SSSR count). The van der Waals surface area contributed by atoms with E-state index < -0.39 is 0 Å².